The third-order valence-electron chi connectivity index (χ3n) is 2.27. The van der Waals surface area contributed by atoms with Crippen molar-refractivity contribution in [3.8, 4) is 0 Å². The maximum Gasteiger partial charge on any atom is 0.153 e. The monoisotopic (exact) mass is 176 g/mol. The summed E-state index contributed by atoms with van der Waals surface area (Å²) in [5, 5.41) is -0.199. The molecule has 4 heteroatoms. The summed E-state index contributed by atoms with van der Waals surface area (Å²) in [5.74, 6) is 0.307. The van der Waals surface area contributed by atoms with E-state index in [1.165, 1.54) is 0 Å². The molecule has 1 aliphatic rings. The Kier molecular flexibility index (Phi) is 2.32. The molecule has 1 N–H and O–H groups in total. The summed E-state index contributed by atoms with van der Waals surface area (Å²) in [4.78, 5) is 2.86. The van der Waals surface area contributed by atoms with E-state index in [-0.39, 0.29) is 11.3 Å². The van der Waals surface area contributed by atoms with Crippen LogP contribution in [0.15, 0.2) is 0 Å². The van der Waals surface area contributed by atoms with Crippen molar-refractivity contribution in [3.05, 3.63) is 0 Å². The minimum atomic E-state index is -2.77. The summed E-state index contributed by atoms with van der Waals surface area (Å²) >= 11 is 0. The highest BCUT2D eigenvalue weighted by molar-refractivity contribution is 7.92. The average molecular weight is 176 g/mol. The summed E-state index contributed by atoms with van der Waals surface area (Å²) in [6.07, 6.45) is 1.40. The van der Waals surface area contributed by atoms with Crippen LogP contribution in [0, 0.1) is 0 Å². The van der Waals surface area contributed by atoms with Crippen molar-refractivity contribution in [2.45, 2.75) is 31.1 Å². The molecule has 1 aliphatic heterocycles. The summed E-state index contributed by atoms with van der Waals surface area (Å²) in [5.41, 5.74) is 0. The van der Waals surface area contributed by atoms with Crippen LogP contribution in [0.4, 0.5) is 0 Å². The Balaban J connectivity index is 2.69. The van der Waals surface area contributed by atoms with Crippen LogP contribution in [-0.4, -0.2) is 32.2 Å². The number of sulfone groups is 1. The molecule has 0 amide bonds. The molecule has 0 bridgehead atoms. The maximum atomic E-state index is 11.2. The molecule has 2 atom stereocenters. The van der Waals surface area contributed by atoms with Gasteiger partial charge in [0.15, 0.2) is 15.9 Å². The van der Waals surface area contributed by atoms with E-state index >= 15 is 0 Å². The van der Waals surface area contributed by atoms with Crippen molar-refractivity contribution in [3.63, 3.8) is 0 Å². The molecule has 11 heavy (non-hydrogen) atoms. The Bertz CT molecular complexity index is 245. The first kappa shape index (κ1) is 8.71. The molecule has 0 aromatic rings. The smallest absolute Gasteiger partial charge is 0.153 e. The zero-order valence-corrected chi connectivity index (χ0v) is 7.52. The van der Waals surface area contributed by atoms with E-state index in [4.69, 9.17) is 0 Å². The van der Waals surface area contributed by atoms with Crippen LogP contribution in [-0.2, 0) is 9.84 Å². The standard InChI is InChI=1S/C7H13NO2S/c1-6-5-7(8-2)3-4-11(6,9)10/h6-7H,2-5H2,1H3/p+1. The van der Waals surface area contributed by atoms with Gasteiger partial charge in [-0.05, 0) is 6.92 Å². The first-order valence-electron chi connectivity index (χ1n) is 3.80. The topological polar surface area (TPSA) is 48.1 Å². The third-order valence-corrected chi connectivity index (χ3v) is 4.49. The van der Waals surface area contributed by atoms with Crippen molar-refractivity contribution >= 4 is 16.6 Å². The lowest BCUT2D eigenvalue weighted by Gasteiger charge is -2.20. The highest BCUT2D eigenvalue weighted by Gasteiger charge is 2.32. The van der Waals surface area contributed by atoms with Gasteiger partial charge in [-0.3, -0.25) is 4.99 Å². The van der Waals surface area contributed by atoms with Crippen molar-refractivity contribution in [1.29, 1.82) is 0 Å². The highest BCUT2D eigenvalue weighted by atomic mass is 32.2. The lowest BCUT2D eigenvalue weighted by molar-refractivity contribution is -0.495. The molecule has 0 spiro atoms. The minimum absolute atomic E-state index is 0.199. The van der Waals surface area contributed by atoms with Gasteiger partial charge in [0, 0.05) is 12.8 Å². The third kappa shape index (κ3) is 1.80. The molecule has 64 valence electrons. The van der Waals surface area contributed by atoms with Gasteiger partial charge in [0.25, 0.3) is 0 Å². The predicted molar refractivity (Wildman–Crippen MR) is 44.4 cm³/mol. The summed E-state index contributed by atoms with van der Waals surface area (Å²) < 4.78 is 22.4. The van der Waals surface area contributed by atoms with Crippen LogP contribution in [0.5, 0.6) is 0 Å². The molecular formula is C7H14NO2S+. The number of hydrogen-bond donors (Lipinski definition) is 1. The Morgan fingerprint density at radius 3 is 2.64 bits per heavy atom. The molecule has 1 rings (SSSR count). The fourth-order valence-electron chi connectivity index (χ4n) is 1.36. The zero-order chi connectivity index (χ0) is 8.48. The first-order valence-corrected chi connectivity index (χ1v) is 5.52. The molecule has 0 aliphatic carbocycles. The highest BCUT2D eigenvalue weighted by Crippen LogP contribution is 2.16. The second kappa shape index (κ2) is 2.93. The molecule has 0 aromatic carbocycles. The number of nitrogens with one attached hydrogen (secondary N) is 1. The van der Waals surface area contributed by atoms with E-state index < -0.39 is 9.84 Å². The van der Waals surface area contributed by atoms with E-state index in [1.807, 2.05) is 0 Å². The molecule has 0 saturated carbocycles. The largest absolute Gasteiger partial charge is 0.252 e. The molecule has 1 heterocycles. The minimum Gasteiger partial charge on any atom is -0.252 e. The van der Waals surface area contributed by atoms with Gasteiger partial charge in [-0.15, -0.1) is 0 Å². The SMILES string of the molecule is C=[NH+]C1CCS(=O)(=O)C(C)C1. The second-order valence-corrected chi connectivity index (χ2v) is 5.64. The first-order chi connectivity index (χ1) is 5.06. The van der Waals surface area contributed by atoms with Gasteiger partial charge >= 0.3 is 0 Å². The normalized spacial score (nSPS) is 36.5. The number of rotatable bonds is 1. The van der Waals surface area contributed by atoms with E-state index in [0.29, 0.717) is 18.6 Å². The van der Waals surface area contributed by atoms with Crippen LogP contribution in [0.3, 0.4) is 0 Å². The van der Waals surface area contributed by atoms with Gasteiger partial charge < -0.3 is 0 Å². The number of hydrogen-bond acceptors (Lipinski definition) is 2. The van der Waals surface area contributed by atoms with E-state index in [1.54, 1.807) is 6.92 Å². The van der Waals surface area contributed by atoms with Crippen LogP contribution >= 0.6 is 0 Å². The molecule has 2 unspecified atom stereocenters. The molecule has 3 nitrogen and oxygen atoms in total. The summed E-state index contributed by atoms with van der Waals surface area (Å²) in [6, 6.07) is 0.286. The molecule has 0 radical (unpaired) electrons. The van der Waals surface area contributed by atoms with Crippen LogP contribution < -0.4 is 4.99 Å². The van der Waals surface area contributed by atoms with Gasteiger partial charge in [-0.25, -0.2) is 8.42 Å². The van der Waals surface area contributed by atoms with Crippen LogP contribution in [0.25, 0.3) is 0 Å². The van der Waals surface area contributed by atoms with Crippen LogP contribution in [0.2, 0.25) is 0 Å². The van der Waals surface area contributed by atoms with E-state index in [9.17, 15) is 8.42 Å². The Labute approximate surface area is 67.4 Å². The van der Waals surface area contributed by atoms with Gasteiger partial charge in [0.05, 0.1) is 11.0 Å². The molecule has 1 fully saturated rings. The quantitative estimate of drug-likeness (QED) is 0.507. The molecular weight excluding hydrogens is 162 g/mol. The lowest BCUT2D eigenvalue weighted by Crippen LogP contribution is -2.75. The van der Waals surface area contributed by atoms with E-state index in [2.05, 4.69) is 11.7 Å². The van der Waals surface area contributed by atoms with Gasteiger partial charge in [-0.1, -0.05) is 0 Å². The van der Waals surface area contributed by atoms with Gasteiger partial charge in [0.1, 0.15) is 6.72 Å². The Morgan fingerprint density at radius 1 is 1.55 bits per heavy atom. The summed E-state index contributed by atoms with van der Waals surface area (Å²) in [7, 11) is -2.77. The van der Waals surface area contributed by atoms with Gasteiger partial charge in [-0.2, -0.15) is 0 Å². The maximum absolute atomic E-state index is 11.2. The van der Waals surface area contributed by atoms with Crippen molar-refractivity contribution < 1.29 is 13.4 Å². The summed E-state index contributed by atoms with van der Waals surface area (Å²) in [6.45, 7) is 5.31. The van der Waals surface area contributed by atoms with E-state index in [0.717, 1.165) is 0 Å². The van der Waals surface area contributed by atoms with Gasteiger partial charge in [0.2, 0.25) is 0 Å². The van der Waals surface area contributed by atoms with Crippen molar-refractivity contribution in [2.24, 2.45) is 0 Å². The Hall–Kier alpha value is -0.380. The van der Waals surface area contributed by atoms with Crippen LogP contribution in [0.1, 0.15) is 19.8 Å². The zero-order valence-electron chi connectivity index (χ0n) is 6.71. The predicted octanol–water partition coefficient (Wildman–Crippen LogP) is -1.27. The lowest BCUT2D eigenvalue weighted by atomic mass is 10.1. The fourth-order valence-corrected chi connectivity index (χ4v) is 2.90. The van der Waals surface area contributed by atoms with Crippen molar-refractivity contribution in [1.82, 2.24) is 0 Å². The second-order valence-electron chi connectivity index (χ2n) is 3.10. The molecule has 0 aromatic heterocycles. The Morgan fingerprint density at radius 2 is 2.18 bits per heavy atom. The molecule has 1 saturated heterocycles. The fraction of sp³-hybridized carbons (Fsp3) is 0.857. The average Bonchev–Trinajstić information content (AvgIpc) is 1.95. The van der Waals surface area contributed by atoms with Crippen molar-refractivity contribution in [2.75, 3.05) is 5.75 Å².